The number of piperidine rings is 3. The number of carbonyl (C=O) groups excluding carboxylic acids is 1. The lowest BCUT2D eigenvalue weighted by Gasteiger charge is -2.44. The average molecular weight is 351 g/mol. The fourth-order valence-corrected chi connectivity index (χ4v) is 4.92. The Bertz CT molecular complexity index is 906. The van der Waals surface area contributed by atoms with E-state index in [1.807, 2.05) is 12.3 Å². The molecule has 0 spiro atoms. The minimum atomic E-state index is 0.0557. The third kappa shape index (κ3) is 2.77. The molecule has 1 N–H and O–H groups in total. The van der Waals surface area contributed by atoms with Crippen molar-refractivity contribution in [2.45, 2.75) is 18.9 Å². The molecule has 1 atom stereocenters. The summed E-state index contributed by atoms with van der Waals surface area (Å²) in [5.41, 5.74) is 2.99. The molecule has 3 aliphatic heterocycles. The molecule has 0 unspecified atom stereocenters. The predicted octanol–water partition coefficient (Wildman–Crippen LogP) is 3.49. The van der Waals surface area contributed by atoms with Gasteiger partial charge in [-0.05, 0) is 61.5 Å². The van der Waals surface area contributed by atoms with E-state index < -0.39 is 0 Å². The maximum atomic E-state index is 12.7. The van der Waals surface area contributed by atoms with Crippen LogP contribution >= 0.6 is 11.3 Å². The van der Waals surface area contributed by atoms with Crippen LogP contribution < -0.4 is 5.32 Å². The van der Waals surface area contributed by atoms with Crippen LogP contribution in [0.4, 0.5) is 0 Å². The Kier molecular flexibility index (Phi) is 3.64. The highest BCUT2D eigenvalue weighted by Gasteiger charge is 2.35. The number of hydrogen-bond acceptors (Lipinski definition) is 3. The quantitative estimate of drug-likeness (QED) is 0.784. The van der Waals surface area contributed by atoms with E-state index in [-0.39, 0.29) is 5.91 Å². The molecule has 3 saturated heterocycles. The summed E-state index contributed by atoms with van der Waals surface area (Å²) in [6.45, 7) is 3.39. The molecule has 6 rings (SSSR count). The molecule has 0 radical (unpaired) electrons. The zero-order valence-electron chi connectivity index (χ0n) is 14.0. The van der Waals surface area contributed by atoms with Crippen molar-refractivity contribution in [2.75, 3.05) is 19.6 Å². The van der Waals surface area contributed by atoms with E-state index in [2.05, 4.69) is 50.5 Å². The number of fused-ring (bicyclic) bond motifs is 4. The lowest BCUT2D eigenvalue weighted by atomic mass is 9.84. The van der Waals surface area contributed by atoms with Crippen LogP contribution in [-0.2, 0) is 0 Å². The van der Waals surface area contributed by atoms with Crippen LogP contribution in [-0.4, -0.2) is 40.9 Å². The molecule has 0 aromatic carbocycles. The number of hydrogen-bond donors (Lipinski definition) is 1. The van der Waals surface area contributed by atoms with Crippen LogP contribution in [0.5, 0.6) is 0 Å². The standard InChI is InChI=1S/C20H21N3OS/c24-20(21-18-13-22-7-5-14(18)6-8-22)16-10-17-4-3-15(11-23(17)12-16)19-2-1-9-25-19/h1-4,9-12,14,18H,5-8,13H2,(H,21,24)/t18-/m0/s1. The zero-order valence-corrected chi connectivity index (χ0v) is 14.8. The third-order valence-corrected chi connectivity index (χ3v) is 6.55. The summed E-state index contributed by atoms with van der Waals surface area (Å²) in [6.07, 6.45) is 6.48. The number of pyridine rings is 1. The van der Waals surface area contributed by atoms with E-state index in [0.717, 1.165) is 17.6 Å². The molecule has 3 aliphatic rings. The molecule has 0 aliphatic carbocycles. The van der Waals surface area contributed by atoms with Gasteiger partial charge < -0.3 is 14.6 Å². The van der Waals surface area contributed by atoms with Crippen LogP contribution in [0.3, 0.4) is 0 Å². The summed E-state index contributed by atoms with van der Waals surface area (Å²) in [5.74, 6) is 0.705. The van der Waals surface area contributed by atoms with E-state index >= 15 is 0 Å². The normalized spacial score (nSPS) is 25.4. The number of rotatable bonds is 3. The molecule has 3 aromatic rings. The molecule has 2 bridgehead atoms. The van der Waals surface area contributed by atoms with E-state index in [9.17, 15) is 4.79 Å². The fourth-order valence-electron chi connectivity index (χ4n) is 4.20. The predicted molar refractivity (Wildman–Crippen MR) is 101 cm³/mol. The smallest absolute Gasteiger partial charge is 0.253 e. The molecule has 128 valence electrons. The van der Waals surface area contributed by atoms with Gasteiger partial charge in [0.2, 0.25) is 0 Å². The fraction of sp³-hybridized carbons (Fsp3) is 0.350. The van der Waals surface area contributed by atoms with Gasteiger partial charge in [0, 0.05) is 40.9 Å². The number of amides is 1. The Balaban J connectivity index is 1.38. The average Bonchev–Trinajstić information content (AvgIpc) is 3.32. The molecule has 3 fully saturated rings. The van der Waals surface area contributed by atoms with Crippen molar-refractivity contribution >= 4 is 22.8 Å². The second kappa shape index (κ2) is 6.00. The minimum absolute atomic E-state index is 0.0557. The molecule has 1 amide bonds. The van der Waals surface area contributed by atoms with Gasteiger partial charge in [0.25, 0.3) is 5.91 Å². The molecule has 0 saturated carbocycles. The highest BCUT2D eigenvalue weighted by atomic mass is 32.1. The lowest BCUT2D eigenvalue weighted by Crippen LogP contribution is -2.57. The van der Waals surface area contributed by atoms with Gasteiger partial charge in [0.15, 0.2) is 0 Å². The first-order chi connectivity index (χ1) is 12.3. The summed E-state index contributed by atoms with van der Waals surface area (Å²) in [6, 6.07) is 10.7. The Morgan fingerprint density at radius 2 is 2.04 bits per heavy atom. The van der Waals surface area contributed by atoms with Gasteiger partial charge in [0.1, 0.15) is 0 Å². The zero-order chi connectivity index (χ0) is 16.8. The highest BCUT2D eigenvalue weighted by Crippen LogP contribution is 2.28. The first-order valence-corrected chi connectivity index (χ1v) is 9.83. The Morgan fingerprint density at radius 3 is 2.76 bits per heavy atom. The van der Waals surface area contributed by atoms with Gasteiger partial charge >= 0.3 is 0 Å². The van der Waals surface area contributed by atoms with Crippen LogP contribution in [0, 0.1) is 5.92 Å². The Hall–Kier alpha value is -2.11. The van der Waals surface area contributed by atoms with E-state index in [0.29, 0.717) is 12.0 Å². The van der Waals surface area contributed by atoms with Gasteiger partial charge in [-0.1, -0.05) is 6.07 Å². The maximum Gasteiger partial charge on any atom is 0.253 e. The Morgan fingerprint density at radius 1 is 1.16 bits per heavy atom. The van der Waals surface area contributed by atoms with Crippen LogP contribution in [0.25, 0.3) is 16.0 Å². The molecule has 5 heteroatoms. The van der Waals surface area contributed by atoms with Crippen molar-refractivity contribution < 1.29 is 4.79 Å². The van der Waals surface area contributed by atoms with Crippen molar-refractivity contribution in [1.82, 2.24) is 14.6 Å². The number of thiophene rings is 1. The van der Waals surface area contributed by atoms with Crippen molar-refractivity contribution in [3.05, 3.63) is 53.7 Å². The topological polar surface area (TPSA) is 36.8 Å². The SMILES string of the molecule is O=C(N[C@H]1CN2CCC1CC2)c1cc2ccc(-c3cccs3)cn2c1. The molecule has 4 nitrogen and oxygen atoms in total. The monoisotopic (exact) mass is 351 g/mol. The molecular weight excluding hydrogens is 330 g/mol. The first kappa shape index (κ1) is 15.2. The van der Waals surface area contributed by atoms with Crippen molar-refractivity contribution in [1.29, 1.82) is 0 Å². The number of nitrogens with one attached hydrogen (secondary N) is 1. The third-order valence-electron chi connectivity index (χ3n) is 5.63. The summed E-state index contributed by atoms with van der Waals surface area (Å²) in [5, 5.41) is 5.36. The van der Waals surface area contributed by atoms with Crippen molar-refractivity contribution in [3.8, 4) is 10.4 Å². The van der Waals surface area contributed by atoms with Crippen LogP contribution in [0.15, 0.2) is 48.1 Å². The summed E-state index contributed by atoms with van der Waals surface area (Å²) < 4.78 is 2.06. The largest absolute Gasteiger partial charge is 0.348 e. The number of aromatic nitrogens is 1. The van der Waals surface area contributed by atoms with Gasteiger partial charge in [-0.25, -0.2) is 0 Å². The lowest BCUT2D eigenvalue weighted by molar-refractivity contribution is 0.0620. The minimum Gasteiger partial charge on any atom is -0.348 e. The van der Waals surface area contributed by atoms with Crippen molar-refractivity contribution in [3.63, 3.8) is 0 Å². The summed E-state index contributed by atoms with van der Waals surface area (Å²) in [4.78, 5) is 16.4. The molecule has 6 heterocycles. The maximum absolute atomic E-state index is 12.7. The van der Waals surface area contributed by atoms with E-state index in [1.54, 1.807) is 11.3 Å². The molecule has 3 aromatic heterocycles. The van der Waals surface area contributed by atoms with Gasteiger partial charge in [-0.15, -0.1) is 11.3 Å². The highest BCUT2D eigenvalue weighted by molar-refractivity contribution is 7.13. The molecule has 25 heavy (non-hydrogen) atoms. The van der Waals surface area contributed by atoms with Gasteiger partial charge in [-0.3, -0.25) is 4.79 Å². The van der Waals surface area contributed by atoms with Crippen LogP contribution in [0.1, 0.15) is 23.2 Å². The van der Waals surface area contributed by atoms with Crippen molar-refractivity contribution in [2.24, 2.45) is 5.92 Å². The van der Waals surface area contributed by atoms with Gasteiger partial charge in [-0.2, -0.15) is 0 Å². The number of nitrogens with zero attached hydrogens (tertiary/aromatic N) is 2. The van der Waals surface area contributed by atoms with Gasteiger partial charge in [0.05, 0.1) is 5.56 Å². The van der Waals surface area contributed by atoms with E-state index in [1.165, 1.54) is 36.4 Å². The number of carbonyl (C=O) groups is 1. The second-order valence-electron chi connectivity index (χ2n) is 7.17. The molecular formula is C20H21N3OS. The summed E-state index contributed by atoms with van der Waals surface area (Å²) >= 11 is 1.73. The first-order valence-electron chi connectivity index (χ1n) is 8.95. The Labute approximate surface area is 151 Å². The summed E-state index contributed by atoms with van der Waals surface area (Å²) in [7, 11) is 0. The second-order valence-corrected chi connectivity index (χ2v) is 8.12. The van der Waals surface area contributed by atoms with E-state index in [4.69, 9.17) is 0 Å². The van der Waals surface area contributed by atoms with Crippen LogP contribution in [0.2, 0.25) is 0 Å².